The van der Waals surface area contributed by atoms with Crippen molar-refractivity contribution in [2.75, 3.05) is 24.2 Å². The van der Waals surface area contributed by atoms with Crippen LogP contribution >= 0.6 is 0 Å². The van der Waals surface area contributed by atoms with Crippen molar-refractivity contribution in [3.05, 3.63) is 64.7 Å². The minimum absolute atomic E-state index is 0.0470. The van der Waals surface area contributed by atoms with Gasteiger partial charge in [-0.1, -0.05) is 18.7 Å². The molecule has 0 atom stereocenters. The first-order valence-corrected chi connectivity index (χ1v) is 8.23. The van der Waals surface area contributed by atoms with Crippen LogP contribution in [0.2, 0.25) is 0 Å². The van der Waals surface area contributed by atoms with Crippen LogP contribution in [0.25, 0.3) is 0 Å². The number of fused-ring (bicyclic) bond motifs is 2. The molecule has 0 aliphatic heterocycles. The maximum atomic E-state index is 13.0. The summed E-state index contributed by atoms with van der Waals surface area (Å²) in [4.78, 5) is 37.2. The van der Waals surface area contributed by atoms with Gasteiger partial charge in [-0.2, -0.15) is 0 Å². The largest absolute Gasteiger partial charge is 0.507 e. The monoisotopic (exact) mass is 366 g/mol. The number of nitrogens with two attached hydrogens (primary N) is 1. The third-order valence-corrected chi connectivity index (χ3v) is 4.20. The fraction of sp³-hybridized carbons (Fsp3) is 0.150. The molecule has 0 fully saturated rings. The van der Waals surface area contributed by atoms with Crippen molar-refractivity contribution in [3.8, 4) is 5.75 Å². The first-order valence-electron chi connectivity index (χ1n) is 8.23. The molecule has 2 aromatic rings. The number of nitrogens with one attached hydrogen (secondary N) is 1. The van der Waals surface area contributed by atoms with Gasteiger partial charge in [0.2, 0.25) is 0 Å². The summed E-state index contributed by atoms with van der Waals surface area (Å²) in [5.74, 6) is -1.69. The summed E-state index contributed by atoms with van der Waals surface area (Å²) in [5.41, 5.74) is 7.05. The SMILES string of the molecule is C=C(C)C(=O)OCCNc1ccc(N)c2c1C(=O)c1cccc(O)c1C2=O. The zero-order valence-electron chi connectivity index (χ0n) is 14.7. The van der Waals surface area contributed by atoms with Crippen LogP contribution in [0.1, 0.15) is 38.8 Å². The van der Waals surface area contributed by atoms with Gasteiger partial charge < -0.3 is 20.9 Å². The Balaban J connectivity index is 1.92. The molecule has 0 heterocycles. The molecule has 0 saturated carbocycles. The molecule has 1 aliphatic carbocycles. The van der Waals surface area contributed by atoms with E-state index in [1.807, 2.05) is 0 Å². The summed E-state index contributed by atoms with van der Waals surface area (Å²) in [6.45, 7) is 5.33. The van der Waals surface area contributed by atoms with Gasteiger partial charge in [-0.3, -0.25) is 9.59 Å². The highest BCUT2D eigenvalue weighted by Gasteiger charge is 2.35. The number of rotatable bonds is 5. The van der Waals surface area contributed by atoms with Crippen LogP contribution < -0.4 is 11.1 Å². The molecular formula is C20H18N2O5. The van der Waals surface area contributed by atoms with Crippen LogP contribution in [0.15, 0.2) is 42.5 Å². The van der Waals surface area contributed by atoms with Crippen molar-refractivity contribution in [2.45, 2.75) is 6.92 Å². The van der Waals surface area contributed by atoms with Crippen LogP contribution in [-0.2, 0) is 9.53 Å². The number of esters is 1. The Bertz CT molecular complexity index is 994. The molecule has 0 bridgehead atoms. The lowest BCUT2D eigenvalue weighted by Crippen LogP contribution is -2.25. The number of carbonyl (C=O) groups is 3. The molecule has 3 rings (SSSR count). The lowest BCUT2D eigenvalue weighted by Gasteiger charge is -2.22. The van der Waals surface area contributed by atoms with Gasteiger partial charge in [0.05, 0.1) is 16.7 Å². The molecule has 1 aliphatic rings. The predicted molar refractivity (Wildman–Crippen MR) is 100 cm³/mol. The summed E-state index contributed by atoms with van der Waals surface area (Å²) in [6.07, 6.45) is 0. The second-order valence-corrected chi connectivity index (χ2v) is 6.15. The number of hydrogen-bond acceptors (Lipinski definition) is 7. The molecule has 7 nitrogen and oxygen atoms in total. The number of ether oxygens (including phenoxy) is 1. The quantitative estimate of drug-likeness (QED) is 0.274. The van der Waals surface area contributed by atoms with E-state index in [0.29, 0.717) is 5.69 Å². The summed E-state index contributed by atoms with van der Waals surface area (Å²) in [6, 6.07) is 7.44. The number of phenolic OH excluding ortho intramolecular Hbond substituents is 1. The highest BCUT2D eigenvalue weighted by atomic mass is 16.5. The second-order valence-electron chi connectivity index (χ2n) is 6.15. The summed E-state index contributed by atoms with van der Waals surface area (Å²) in [7, 11) is 0. The van der Waals surface area contributed by atoms with Crippen molar-refractivity contribution in [2.24, 2.45) is 0 Å². The van der Waals surface area contributed by atoms with E-state index >= 15 is 0 Å². The first-order chi connectivity index (χ1) is 12.8. The van der Waals surface area contributed by atoms with Crippen molar-refractivity contribution < 1.29 is 24.2 Å². The van der Waals surface area contributed by atoms with Crippen LogP contribution in [0.4, 0.5) is 11.4 Å². The van der Waals surface area contributed by atoms with Crippen molar-refractivity contribution in [1.82, 2.24) is 0 Å². The van der Waals surface area contributed by atoms with E-state index in [4.69, 9.17) is 10.5 Å². The standard InChI is InChI=1S/C20H18N2O5/c1-10(2)20(26)27-9-8-22-13-7-6-12(21)16-17(13)18(24)11-4-3-5-14(23)15(11)19(16)25/h3-7,22-23H,1,8-9,21H2,2H3. The van der Waals surface area contributed by atoms with Crippen LogP contribution in [-0.4, -0.2) is 35.8 Å². The Morgan fingerprint density at radius 3 is 2.59 bits per heavy atom. The number of anilines is 2. The molecule has 0 radical (unpaired) electrons. The van der Waals surface area contributed by atoms with Crippen molar-refractivity contribution in [1.29, 1.82) is 0 Å². The van der Waals surface area contributed by atoms with Gasteiger partial charge in [0.15, 0.2) is 11.6 Å². The molecule has 4 N–H and O–H groups in total. The fourth-order valence-electron chi connectivity index (χ4n) is 2.93. The third-order valence-electron chi connectivity index (χ3n) is 4.20. The van der Waals surface area contributed by atoms with E-state index in [0.717, 1.165) is 0 Å². The summed E-state index contributed by atoms with van der Waals surface area (Å²) < 4.78 is 5.00. The van der Waals surface area contributed by atoms with Gasteiger partial charge in [0.25, 0.3) is 0 Å². The number of nitrogen functional groups attached to an aromatic ring is 1. The van der Waals surface area contributed by atoms with Crippen LogP contribution in [0.3, 0.4) is 0 Å². The molecule has 7 heteroatoms. The minimum atomic E-state index is -0.508. The van der Waals surface area contributed by atoms with E-state index in [1.165, 1.54) is 24.3 Å². The lowest BCUT2D eigenvalue weighted by atomic mass is 9.82. The Labute approximate surface area is 155 Å². The highest BCUT2D eigenvalue weighted by Crippen LogP contribution is 2.38. The number of hydrogen-bond donors (Lipinski definition) is 3. The van der Waals surface area contributed by atoms with E-state index < -0.39 is 17.5 Å². The summed E-state index contributed by atoms with van der Waals surface area (Å²) in [5, 5.41) is 13.0. The Morgan fingerprint density at radius 1 is 1.15 bits per heavy atom. The van der Waals surface area contributed by atoms with Crippen molar-refractivity contribution in [3.63, 3.8) is 0 Å². The van der Waals surface area contributed by atoms with Crippen molar-refractivity contribution >= 4 is 28.9 Å². The highest BCUT2D eigenvalue weighted by molar-refractivity contribution is 6.32. The number of phenols is 1. The average molecular weight is 366 g/mol. The van der Waals surface area contributed by atoms with Gasteiger partial charge in [0, 0.05) is 29.1 Å². The van der Waals surface area contributed by atoms with E-state index in [1.54, 1.807) is 13.0 Å². The molecular weight excluding hydrogens is 348 g/mol. The van der Waals surface area contributed by atoms with Gasteiger partial charge in [-0.05, 0) is 25.1 Å². The Kier molecular flexibility index (Phi) is 4.68. The molecule has 0 aromatic heterocycles. The van der Waals surface area contributed by atoms with Gasteiger partial charge in [0.1, 0.15) is 12.4 Å². The lowest BCUT2D eigenvalue weighted by molar-refractivity contribution is -0.138. The van der Waals surface area contributed by atoms with Gasteiger partial charge in [-0.25, -0.2) is 4.79 Å². The Morgan fingerprint density at radius 2 is 1.89 bits per heavy atom. The van der Waals surface area contributed by atoms with Crippen LogP contribution in [0, 0.1) is 0 Å². The third kappa shape index (κ3) is 3.15. The molecule has 0 unspecified atom stereocenters. The zero-order chi connectivity index (χ0) is 19.7. The summed E-state index contributed by atoms with van der Waals surface area (Å²) >= 11 is 0. The van der Waals surface area contributed by atoms with E-state index in [9.17, 15) is 19.5 Å². The molecule has 0 saturated heterocycles. The first kappa shape index (κ1) is 18.2. The minimum Gasteiger partial charge on any atom is -0.507 e. The maximum Gasteiger partial charge on any atom is 0.333 e. The molecule has 2 aromatic carbocycles. The predicted octanol–water partition coefficient (Wildman–Crippen LogP) is 2.28. The van der Waals surface area contributed by atoms with Crippen LogP contribution in [0.5, 0.6) is 5.75 Å². The molecule has 0 spiro atoms. The van der Waals surface area contributed by atoms with E-state index in [2.05, 4.69) is 11.9 Å². The second kappa shape index (κ2) is 6.95. The molecule has 0 amide bonds. The number of carbonyl (C=O) groups excluding carboxylic acids is 3. The molecule has 138 valence electrons. The number of ketones is 2. The molecule has 27 heavy (non-hydrogen) atoms. The van der Waals surface area contributed by atoms with E-state index in [-0.39, 0.29) is 52.4 Å². The van der Waals surface area contributed by atoms with Gasteiger partial charge in [-0.15, -0.1) is 0 Å². The number of benzene rings is 2. The maximum absolute atomic E-state index is 13.0. The Hall–Kier alpha value is -3.61. The topological polar surface area (TPSA) is 119 Å². The van der Waals surface area contributed by atoms with Gasteiger partial charge >= 0.3 is 5.97 Å². The normalized spacial score (nSPS) is 12.2. The number of aromatic hydroxyl groups is 1. The zero-order valence-corrected chi connectivity index (χ0v) is 14.7. The average Bonchev–Trinajstić information content (AvgIpc) is 2.63. The smallest absolute Gasteiger partial charge is 0.333 e. The fourth-order valence-corrected chi connectivity index (χ4v) is 2.93.